The Kier molecular flexibility index (Phi) is 13.3. The fraction of sp³-hybridized carbons (Fsp3) is 0.818. The van der Waals surface area contributed by atoms with E-state index < -0.39 is 7.82 Å². The first-order valence-electron chi connectivity index (χ1n) is 6.00. The van der Waals surface area contributed by atoms with E-state index in [0.717, 1.165) is 0 Å². The second-order valence-electron chi connectivity index (χ2n) is 3.77. The van der Waals surface area contributed by atoms with E-state index >= 15 is 0 Å². The maximum absolute atomic E-state index is 12.3. The molecule has 3 atom stereocenters. The molecule has 0 amide bonds. The lowest BCUT2D eigenvalue weighted by molar-refractivity contribution is 0.104. The van der Waals surface area contributed by atoms with Gasteiger partial charge in [-0.2, -0.15) is 0 Å². The highest BCUT2D eigenvalue weighted by molar-refractivity contribution is 9.09. The Balaban J connectivity index is 4.19. The lowest BCUT2D eigenvalue weighted by Gasteiger charge is -2.19. The molecule has 0 saturated heterocycles. The second kappa shape index (κ2) is 12.6. The molecule has 0 heterocycles. The van der Waals surface area contributed by atoms with Gasteiger partial charge in [0.25, 0.3) is 0 Å². The predicted molar refractivity (Wildman–Crippen MR) is 88.3 cm³/mol. The van der Waals surface area contributed by atoms with Crippen LogP contribution in [0.15, 0.2) is 12.7 Å². The van der Waals surface area contributed by atoms with Gasteiger partial charge < -0.3 is 4.74 Å². The van der Waals surface area contributed by atoms with Crippen molar-refractivity contribution < 1.29 is 22.9 Å². The Hall–Kier alpha value is 1.06. The zero-order chi connectivity index (χ0) is 15.4. The summed E-state index contributed by atoms with van der Waals surface area (Å²) in [6.07, 6.45) is 1.65. The molecule has 0 aromatic heterocycles. The Morgan fingerprint density at radius 1 is 1.30 bits per heavy atom. The minimum Gasteiger partial charge on any atom is -0.376 e. The van der Waals surface area contributed by atoms with Gasteiger partial charge in [0.05, 0.1) is 43.2 Å². The average molecular weight is 459 g/mol. The van der Waals surface area contributed by atoms with Crippen molar-refractivity contribution in [3.05, 3.63) is 12.7 Å². The van der Waals surface area contributed by atoms with Crippen LogP contribution in [0.4, 0.5) is 0 Å². The molecule has 5 nitrogen and oxygen atoms in total. The Labute approximate surface area is 142 Å². The first-order valence-corrected chi connectivity index (χ1v) is 9.93. The van der Waals surface area contributed by atoms with Gasteiger partial charge in [-0.25, -0.2) is 4.57 Å². The largest absolute Gasteiger partial charge is 0.474 e. The topological polar surface area (TPSA) is 54.0 Å². The molecule has 3 unspecified atom stereocenters. The predicted octanol–water partition coefficient (Wildman–Crippen LogP) is 4.13. The molecule has 0 bridgehead atoms. The van der Waals surface area contributed by atoms with Crippen molar-refractivity contribution >= 4 is 51.3 Å². The molecule has 20 heavy (non-hydrogen) atoms. The van der Waals surface area contributed by atoms with E-state index in [1.807, 2.05) is 0 Å². The molecule has 0 aliphatic carbocycles. The second-order valence-corrected chi connectivity index (χ2v) is 8.27. The highest BCUT2D eigenvalue weighted by atomic mass is 79.9. The summed E-state index contributed by atoms with van der Waals surface area (Å²) in [5.74, 6) is 0. The van der Waals surface area contributed by atoms with Crippen molar-refractivity contribution in [2.24, 2.45) is 0 Å². The van der Waals surface area contributed by atoms with Crippen LogP contribution in [0.1, 0.15) is 6.92 Å². The quantitative estimate of drug-likeness (QED) is 0.180. The molecule has 0 N–H and O–H groups in total. The summed E-state index contributed by atoms with van der Waals surface area (Å²) in [5, 5.41) is 0.246. The van der Waals surface area contributed by atoms with E-state index in [9.17, 15) is 4.57 Å². The van der Waals surface area contributed by atoms with Crippen molar-refractivity contribution in [1.82, 2.24) is 0 Å². The molecule has 0 aromatic carbocycles. The summed E-state index contributed by atoms with van der Waals surface area (Å²) < 4.78 is 33.1. The van der Waals surface area contributed by atoms with Crippen molar-refractivity contribution in [2.75, 3.05) is 38.4 Å². The maximum Gasteiger partial charge on any atom is 0.474 e. The van der Waals surface area contributed by atoms with Crippen LogP contribution in [-0.4, -0.2) is 48.6 Å². The van der Waals surface area contributed by atoms with E-state index in [2.05, 4.69) is 38.4 Å². The molecule has 0 saturated carbocycles. The fourth-order valence-electron chi connectivity index (χ4n) is 0.952. The monoisotopic (exact) mass is 456 g/mol. The van der Waals surface area contributed by atoms with Crippen LogP contribution in [-0.2, 0) is 22.9 Å². The number of hydrogen-bond acceptors (Lipinski definition) is 5. The van der Waals surface area contributed by atoms with Crippen molar-refractivity contribution in [1.29, 1.82) is 0 Å². The number of ether oxygens (including phenoxy) is 1. The average Bonchev–Trinajstić information content (AvgIpc) is 2.41. The molecule has 0 aromatic rings. The number of halogens is 3. The summed E-state index contributed by atoms with van der Waals surface area (Å²) in [7, 11) is -3.60. The van der Waals surface area contributed by atoms with Crippen LogP contribution in [0, 0.1) is 0 Å². The highest BCUT2D eigenvalue weighted by Crippen LogP contribution is 2.49. The minimum absolute atomic E-state index is 0.0844. The Morgan fingerprint density at radius 3 is 2.50 bits per heavy atom. The molecule has 9 heteroatoms. The van der Waals surface area contributed by atoms with E-state index in [0.29, 0.717) is 18.5 Å². The van der Waals surface area contributed by atoms with Gasteiger partial charge in [-0.05, 0) is 6.92 Å². The zero-order valence-electron chi connectivity index (χ0n) is 11.3. The molecule has 0 aliphatic heterocycles. The van der Waals surface area contributed by atoms with Gasteiger partial charge in [-0.1, -0.05) is 37.9 Å². The van der Waals surface area contributed by atoms with Crippen LogP contribution >= 0.6 is 51.3 Å². The molecule has 120 valence electrons. The van der Waals surface area contributed by atoms with E-state index in [-0.39, 0.29) is 30.0 Å². The van der Waals surface area contributed by atoms with Crippen molar-refractivity contribution in [3.8, 4) is 0 Å². The first kappa shape index (κ1) is 21.1. The smallest absolute Gasteiger partial charge is 0.376 e. The Bertz CT molecular complexity index is 307. The number of alkyl halides is 3. The molecule has 0 rings (SSSR count). The molecule has 0 spiro atoms. The zero-order valence-corrected chi connectivity index (χ0v) is 16.1. The standard InChI is InChI=1S/C11H20Br2ClO5P/c1-3-5-16-8-11(13)9-19-20(15,17-6-4-12)18-7-10(2)14/h3,10-11H,1,4-9H2,2H3. The van der Waals surface area contributed by atoms with Crippen molar-refractivity contribution in [3.63, 3.8) is 0 Å². The molecule has 0 radical (unpaired) electrons. The summed E-state index contributed by atoms with van der Waals surface area (Å²) in [5.41, 5.74) is 0. The highest BCUT2D eigenvalue weighted by Gasteiger charge is 2.28. The summed E-state index contributed by atoms with van der Waals surface area (Å²) in [6.45, 7) is 6.55. The van der Waals surface area contributed by atoms with Gasteiger partial charge in [-0.15, -0.1) is 18.2 Å². The maximum atomic E-state index is 12.3. The lowest BCUT2D eigenvalue weighted by Crippen LogP contribution is -2.17. The normalized spacial score (nSPS) is 17.4. The van der Waals surface area contributed by atoms with Crippen molar-refractivity contribution in [2.45, 2.75) is 17.1 Å². The van der Waals surface area contributed by atoms with Gasteiger partial charge in [0, 0.05) is 5.33 Å². The third-order valence-electron chi connectivity index (χ3n) is 1.74. The Morgan fingerprint density at radius 2 is 1.95 bits per heavy atom. The third kappa shape index (κ3) is 11.7. The van der Waals surface area contributed by atoms with Crippen LogP contribution in [0.5, 0.6) is 0 Å². The third-order valence-corrected chi connectivity index (χ3v) is 4.14. The van der Waals surface area contributed by atoms with Crippen LogP contribution in [0.3, 0.4) is 0 Å². The molecular formula is C11H20Br2ClO5P. The van der Waals surface area contributed by atoms with E-state index in [1.165, 1.54) is 0 Å². The van der Waals surface area contributed by atoms with Gasteiger partial charge >= 0.3 is 7.82 Å². The molecular weight excluding hydrogens is 438 g/mol. The summed E-state index contributed by atoms with van der Waals surface area (Å²) in [4.78, 5) is -0.125. The number of hydrogen-bond donors (Lipinski definition) is 0. The van der Waals surface area contributed by atoms with E-state index in [4.69, 9.17) is 29.9 Å². The van der Waals surface area contributed by atoms with E-state index in [1.54, 1.807) is 13.0 Å². The SMILES string of the molecule is C=CCOCC(Br)COP(=O)(OCCBr)OCC(C)Cl. The fourth-order valence-corrected chi connectivity index (χ4v) is 3.35. The number of phosphoric acid groups is 1. The molecule has 0 aliphatic rings. The lowest BCUT2D eigenvalue weighted by atomic mass is 10.5. The first-order chi connectivity index (χ1) is 9.43. The number of phosphoric ester groups is 1. The van der Waals surface area contributed by atoms with Gasteiger partial charge in [0.2, 0.25) is 0 Å². The van der Waals surface area contributed by atoms with Gasteiger partial charge in [0.15, 0.2) is 0 Å². The van der Waals surface area contributed by atoms with Crippen LogP contribution in [0.25, 0.3) is 0 Å². The molecule has 0 fully saturated rings. The van der Waals surface area contributed by atoms with Crippen LogP contribution in [0.2, 0.25) is 0 Å². The summed E-state index contributed by atoms with van der Waals surface area (Å²) >= 11 is 12.3. The minimum atomic E-state index is -3.60. The van der Waals surface area contributed by atoms with Crippen LogP contribution < -0.4 is 0 Å². The van der Waals surface area contributed by atoms with Gasteiger partial charge in [0.1, 0.15) is 0 Å². The van der Waals surface area contributed by atoms with Gasteiger partial charge in [-0.3, -0.25) is 13.6 Å². The number of rotatable bonds is 13. The summed E-state index contributed by atoms with van der Waals surface area (Å²) in [6, 6.07) is 0.